The largest absolute Gasteiger partial charge is 0.497 e. The first kappa shape index (κ1) is 22.2. The van der Waals surface area contributed by atoms with Crippen LogP contribution < -0.4 is 15.6 Å². The summed E-state index contributed by atoms with van der Waals surface area (Å²) in [6, 6.07) is 15.8. The predicted octanol–water partition coefficient (Wildman–Crippen LogP) is 3.12. The van der Waals surface area contributed by atoms with Crippen LogP contribution in [-0.2, 0) is 11.3 Å². The highest BCUT2D eigenvalue weighted by molar-refractivity contribution is 5.92. The number of non-ortho nitro benzene ring substituents is 1. The van der Waals surface area contributed by atoms with Crippen molar-refractivity contribution in [2.45, 2.75) is 19.4 Å². The van der Waals surface area contributed by atoms with Gasteiger partial charge in [0.2, 0.25) is 5.91 Å². The Morgan fingerprint density at radius 3 is 2.78 bits per heavy atom. The van der Waals surface area contributed by atoms with Gasteiger partial charge in [-0.2, -0.15) is 10.4 Å². The molecule has 0 bridgehead atoms. The Kier molecular flexibility index (Phi) is 6.92. The molecule has 1 aromatic heterocycles. The monoisotopic (exact) mass is 433 g/mol. The molecular formula is C22H19N5O5. The fourth-order valence-corrected chi connectivity index (χ4v) is 2.99. The maximum absolute atomic E-state index is 12.3. The van der Waals surface area contributed by atoms with Gasteiger partial charge in [0.25, 0.3) is 11.2 Å². The highest BCUT2D eigenvalue weighted by atomic mass is 16.6. The second-order valence-electron chi connectivity index (χ2n) is 6.76. The van der Waals surface area contributed by atoms with E-state index in [1.54, 1.807) is 19.2 Å². The van der Waals surface area contributed by atoms with Crippen LogP contribution in [0.4, 0.5) is 11.4 Å². The van der Waals surface area contributed by atoms with Gasteiger partial charge in [0.1, 0.15) is 11.8 Å². The summed E-state index contributed by atoms with van der Waals surface area (Å²) in [5.74, 6) is 0.286. The Hall–Kier alpha value is -4.52. The van der Waals surface area contributed by atoms with Crippen molar-refractivity contribution in [2.75, 3.05) is 12.4 Å². The normalized spacial score (nSPS) is 10.2. The number of nitro groups is 1. The van der Waals surface area contributed by atoms with Crippen LogP contribution in [0.2, 0.25) is 0 Å². The van der Waals surface area contributed by atoms with Crippen molar-refractivity contribution in [3.05, 3.63) is 80.6 Å². The number of hydrogen-bond acceptors (Lipinski definition) is 7. The molecule has 0 spiro atoms. The average Bonchev–Trinajstić information content (AvgIpc) is 2.80. The first-order chi connectivity index (χ1) is 15.4. The smallest absolute Gasteiger partial charge is 0.270 e. The van der Waals surface area contributed by atoms with Crippen LogP contribution in [-0.4, -0.2) is 27.7 Å². The number of ether oxygens (including phenoxy) is 1. The van der Waals surface area contributed by atoms with E-state index in [0.29, 0.717) is 17.9 Å². The molecule has 0 unspecified atom stereocenters. The van der Waals surface area contributed by atoms with Crippen LogP contribution in [0.1, 0.15) is 18.4 Å². The van der Waals surface area contributed by atoms with E-state index in [4.69, 9.17) is 10.00 Å². The zero-order valence-corrected chi connectivity index (χ0v) is 17.1. The molecule has 0 aliphatic carbocycles. The van der Waals surface area contributed by atoms with Gasteiger partial charge >= 0.3 is 0 Å². The minimum atomic E-state index is -0.614. The SMILES string of the molecule is COc1cccc(-c2ccc(=O)n(CCCC(=O)Nc3ccc([N+](=O)[O-])cc3C#N)n2)c1. The molecule has 0 radical (unpaired) electrons. The first-order valence-corrected chi connectivity index (χ1v) is 9.62. The van der Waals surface area contributed by atoms with E-state index in [-0.39, 0.29) is 41.4 Å². The molecule has 0 saturated carbocycles. The minimum absolute atomic E-state index is 0.00331. The molecule has 0 fully saturated rings. The number of nitro benzene ring substituents is 1. The van der Waals surface area contributed by atoms with E-state index >= 15 is 0 Å². The molecule has 32 heavy (non-hydrogen) atoms. The molecule has 0 atom stereocenters. The molecular weight excluding hydrogens is 414 g/mol. The van der Waals surface area contributed by atoms with E-state index in [2.05, 4.69) is 10.4 Å². The van der Waals surface area contributed by atoms with Gasteiger partial charge in [-0.05, 0) is 30.7 Å². The second-order valence-corrected chi connectivity index (χ2v) is 6.76. The Morgan fingerprint density at radius 2 is 2.06 bits per heavy atom. The lowest BCUT2D eigenvalue weighted by molar-refractivity contribution is -0.384. The van der Waals surface area contributed by atoms with Gasteiger partial charge < -0.3 is 10.1 Å². The number of benzene rings is 2. The fourth-order valence-electron chi connectivity index (χ4n) is 2.99. The summed E-state index contributed by atoms with van der Waals surface area (Å²) >= 11 is 0. The second kappa shape index (κ2) is 9.99. The zero-order chi connectivity index (χ0) is 23.1. The summed E-state index contributed by atoms with van der Waals surface area (Å²) in [5.41, 5.74) is 1.05. The number of aromatic nitrogens is 2. The Labute approximate surface area is 182 Å². The molecule has 1 amide bonds. The zero-order valence-electron chi connectivity index (χ0n) is 17.1. The lowest BCUT2D eigenvalue weighted by Crippen LogP contribution is -2.23. The predicted molar refractivity (Wildman–Crippen MR) is 116 cm³/mol. The number of nitriles is 1. The van der Waals surface area contributed by atoms with E-state index in [0.717, 1.165) is 11.6 Å². The van der Waals surface area contributed by atoms with Crippen LogP contribution in [0.3, 0.4) is 0 Å². The lowest BCUT2D eigenvalue weighted by Gasteiger charge is -2.09. The van der Waals surface area contributed by atoms with Crippen LogP contribution in [0.5, 0.6) is 5.75 Å². The van der Waals surface area contributed by atoms with Crippen molar-refractivity contribution < 1.29 is 14.5 Å². The maximum Gasteiger partial charge on any atom is 0.270 e. The number of rotatable bonds is 8. The van der Waals surface area contributed by atoms with Gasteiger partial charge in [0.05, 0.1) is 29.0 Å². The molecule has 10 heteroatoms. The van der Waals surface area contributed by atoms with E-state index < -0.39 is 4.92 Å². The molecule has 2 aromatic carbocycles. The van der Waals surface area contributed by atoms with Crippen molar-refractivity contribution in [2.24, 2.45) is 0 Å². The molecule has 0 aliphatic rings. The highest BCUT2D eigenvalue weighted by Gasteiger charge is 2.13. The molecule has 162 valence electrons. The van der Waals surface area contributed by atoms with Gasteiger partial charge in [0, 0.05) is 36.7 Å². The van der Waals surface area contributed by atoms with Crippen molar-refractivity contribution in [3.8, 4) is 23.1 Å². The molecule has 10 nitrogen and oxygen atoms in total. The Balaban J connectivity index is 1.64. The highest BCUT2D eigenvalue weighted by Crippen LogP contribution is 2.22. The quantitative estimate of drug-likeness (QED) is 0.425. The van der Waals surface area contributed by atoms with Crippen LogP contribution in [0.15, 0.2) is 59.4 Å². The molecule has 1 N–H and O–H groups in total. The lowest BCUT2D eigenvalue weighted by atomic mass is 10.1. The summed E-state index contributed by atoms with van der Waals surface area (Å²) in [4.78, 5) is 34.6. The summed E-state index contributed by atoms with van der Waals surface area (Å²) in [5, 5.41) is 26.9. The number of amides is 1. The van der Waals surface area contributed by atoms with Gasteiger partial charge in [-0.3, -0.25) is 19.7 Å². The topological polar surface area (TPSA) is 140 Å². The van der Waals surface area contributed by atoms with Gasteiger partial charge in [-0.15, -0.1) is 0 Å². The number of nitrogens with zero attached hydrogens (tertiary/aromatic N) is 4. The number of hydrogen-bond donors (Lipinski definition) is 1. The van der Waals surface area contributed by atoms with Crippen molar-refractivity contribution in [1.29, 1.82) is 5.26 Å². The molecule has 0 aliphatic heterocycles. The summed E-state index contributed by atoms with van der Waals surface area (Å²) in [7, 11) is 1.56. The first-order valence-electron chi connectivity index (χ1n) is 9.62. The number of nitrogens with one attached hydrogen (secondary N) is 1. The number of anilines is 1. The summed E-state index contributed by atoms with van der Waals surface area (Å²) < 4.78 is 6.50. The molecule has 0 saturated heterocycles. The number of carbonyl (C=O) groups excluding carboxylic acids is 1. The van der Waals surface area contributed by atoms with Crippen LogP contribution in [0, 0.1) is 21.4 Å². The number of carbonyl (C=O) groups is 1. The number of aryl methyl sites for hydroxylation is 1. The van der Waals surface area contributed by atoms with Crippen LogP contribution in [0.25, 0.3) is 11.3 Å². The van der Waals surface area contributed by atoms with Crippen molar-refractivity contribution in [1.82, 2.24) is 9.78 Å². The summed E-state index contributed by atoms with van der Waals surface area (Å²) in [6.07, 6.45) is 0.397. The van der Waals surface area contributed by atoms with E-state index in [1.165, 1.54) is 22.9 Å². The van der Waals surface area contributed by atoms with E-state index in [9.17, 15) is 19.7 Å². The number of methoxy groups -OCH3 is 1. The van der Waals surface area contributed by atoms with Gasteiger partial charge in [-0.1, -0.05) is 12.1 Å². The molecule has 1 heterocycles. The van der Waals surface area contributed by atoms with Crippen molar-refractivity contribution in [3.63, 3.8) is 0 Å². The van der Waals surface area contributed by atoms with Crippen LogP contribution >= 0.6 is 0 Å². The minimum Gasteiger partial charge on any atom is -0.497 e. The standard InChI is InChI=1S/C22H19N5O5/c1-32-18-5-2-4-15(13-18)20-9-10-22(29)26(25-20)11-3-6-21(28)24-19-8-7-17(27(30)31)12-16(19)14-23/h2,4-5,7-10,12-13H,3,6,11H2,1H3,(H,24,28). The third kappa shape index (κ3) is 5.34. The third-order valence-corrected chi connectivity index (χ3v) is 4.61. The molecule has 3 rings (SSSR count). The average molecular weight is 433 g/mol. The van der Waals surface area contributed by atoms with Gasteiger partial charge in [0.15, 0.2) is 0 Å². The van der Waals surface area contributed by atoms with Crippen molar-refractivity contribution >= 4 is 17.3 Å². The Morgan fingerprint density at radius 1 is 1.25 bits per heavy atom. The van der Waals surface area contributed by atoms with Gasteiger partial charge in [-0.25, -0.2) is 4.68 Å². The maximum atomic E-state index is 12.3. The molecule has 3 aromatic rings. The third-order valence-electron chi connectivity index (χ3n) is 4.61. The fraction of sp³-hybridized carbons (Fsp3) is 0.182. The van der Waals surface area contributed by atoms with E-state index in [1.807, 2.05) is 24.3 Å². The Bertz CT molecular complexity index is 1260. The summed E-state index contributed by atoms with van der Waals surface area (Å²) in [6.45, 7) is 0.218.